The molecule has 0 aromatic heterocycles. The minimum Gasteiger partial charge on any atom is -0.307 e. The Morgan fingerprint density at radius 2 is 1.61 bits per heavy atom. The number of benzene rings is 1. The fraction of sp³-hybridized carbons (Fsp3) is 0.647. The Balaban J connectivity index is 2.62. The van der Waals surface area contributed by atoms with Crippen molar-refractivity contribution in [1.29, 1.82) is 0 Å². The summed E-state index contributed by atoms with van der Waals surface area (Å²) in [6.45, 7) is 6.82. The van der Waals surface area contributed by atoms with Gasteiger partial charge < -0.3 is 5.32 Å². The van der Waals surface area contributed by atoms with Crippen molar-refractivity contribution in [2.45, 2.75) is 71.4 Å². The van der Waals surface area contributed by atoms with Gasteiger partial charge in [0.2, 0.25) is 0 Å². The van der Waals surface area contributed by atoms with E-state index in [0.29, 0.717) is 12.1 Å². The SMILES string of the molecule is CCCCCC(NC(CC)CC)c1ccccc1. The normalized spacial score (nSPS) is 12.9. The molecule has 1 atom stereocenters. The van der Waals surface area contributed by atoms with Crippen molar-refractivity contribution in [3.05, 3.63) is 35.9 Å². The van der Waals surface area contributed by atoms with Crippen LogP contribution < -0.4 is 5.32 Å². The first-order chi connectivity index (χ1) is 8.81. The lowest BCUT2D eigenvalue weighted by Gasteiger charge is -2.25. The van der Waals surface area contributed by atoms with Crippen LogP contribution in [0.1, 0.15) is 70.9 Å². The summed E-state index contributed by atoms with van der Waals surface area (Å²) < 4.78 is 0. The molecule has 0 aliphatic rings. The van der Waals surface area contributed by atoms with Crippen molar-refractivity contribution >= 4 is 0 Å². The second kappa shape index (κ2) is 9.16. The summed E-state index contributed by atoms with van der Waals surface area (Å²) in [6.07, 6.45) is 7.65. The maximum atomic E-state index is 3.83. The van der Waals surface area contributed by atoms with Gasteiger partial charge in [-0.2, -0.15) is 0 Å². The molecule has 1 aromatic rings. The van der Waals surface area contributed by atoms with Crippen molar-refractivity contribution in [2.75, 3.05) is 0 Å². The molecule has 0 aliphatic heterocycles. The van der Waals surface area contributed by atoms with E-state index in [9.17, 15) is 0 Å². The molecule has 0 spiro atoms. The number of hydrogen-bond acceptors (Lipinski definition) is 1. The van der Waals surface area contributed by atoms with Crippen molar-refractivity contribution in [1.82, 2.24) is 5.32 Å². The van der Waals surface area contributed by atoms with E-state index in [1.807, 2.05) is 0 Å². The second-order valence-electron chi connectivity index (χ2n) is 5.14. The molecule has 0 saturated heterocycles. The van der Waals surface area contributed by atoms with Crippen molar-refractivity contribution in [3.8, 4) is 0 Å². The second-order valence-corrected chi connectivity index (χ2v) is 5.14. The van der Waals surface area contributed by atoms with Gasteiger partial charge in [0.05, 0.1) is 0 Å². The van der Waals surface area contributed by atoms with Crippen LogP contribution in [-0.2, 0) is 0 Å². The van der Waals surface area contributed by atoms with Gasteiger partial charge in [0, 0.05) is 12.1 Å². The molecule has 0 fully saturated rings. The maximum Gasteiger partial charge on any atom is 0.0322 e. The maximum absolute atomic E-state index is 3.83. The lowest BCUT2D eigenvalue weighted by molar-refractivity contribution is 0.388. The van der Waals surface area contributed by atoms with Gasteiger partial charge in [0.1, 0.15) is 0 Å². The van der Waals surface area contributed by atoms with Crippen LogP contribution in [0.4, 0.5) is 0 Å². The molecule has 18 heavy (non-hydrogen) atoms. The number of nitrogens with one attached hydrogen (secondary N) is 1. The first-order valence-electron chi connectivity index (χ1n) is 7.62. The molecule has 1 unspecified atom stereocenters. The predicted molar refractivity (Wildman–Crippen MR) is 80.8 cm³/mol. The molecule has 0 heterocycles. The Labute approximate surface area is 113 Å². The Hall–Kier alpha value is -0.820. The van der Waals surface area contributed by atoms with Gasteiger partial charge in [0.25, 0.3) is 0 Å². The first kappa shape index (κ1) is 15.2. The zero-order valence-corrected chi connectivity index (χ0v) is 12.3. The van der Waals surface area contributed by atoms with Crippen LogP contribution in [-0.4, -0.2) is 6.04 Å². The number of rotatable bonds is 9. The van der Waals surface area contributed by atoms with E-state index >= 15 is 0 Å². The smallest absolute Gasteiger partial charge is 0.0322 e. The molecule has 1 rings (SSSR count). The van der Waals surface area contributed by atoms with E-state index in [1.165, 1.54) is 44.1 Å². The molecular formula is C17H29N. The quantitative estimate of drug-likeness (QED) is 0.600. The molecule has 1 N–H and O–H groups in total. The average Bonchev–Trinajstić information content (AvgIpc) is 2.44. The van der Waals surface area contributed by atoms with Crippen molar-refractivity contribution in [3.63, 3.8) is 0 Å². The van der Waals surface area contributed by atoms with Gasteiger partial charge in [-0.05, 0) is 24.8 Å². The summed E-state index contributed by atoms with van der Waals surface area (Å²) in [5.41, 5.74) is 1.44. The minimum atomic E-state index is 0.530. The highest BCUT2D eigenvalue weighted by molar-refractivity contribution is 5.19. The summed E-state index contributed by atoms with van der Waals surface area (Å²) in [4.78, 5) is 0. The van der Waals surface area contributed by atoms with Crippen LogP contribution >= 0.6 is 0 Å². The summed E-state index contributed by atoms with van der Waals surface area (Å²) in [6, 6.07) is 12.1. The van der Waals surface area contributed by atoms with E-state index in [2.05, 4.69) is 56.4 Å². The third-order valence-electron chi connectivity index (χ3n) is 3.72. The van der Waals surface area contributed by atoms with E-state index in [1.54, 1.807) is 0 Å². The van der Waals surface area contributed by atoms with Crippen LogP contribution in [0.3, 0.4) is 0 Å². The fourth-order valence-corrected chi connectivity index (χ4v) is 2.44. The lowest BCUT2D eigenvalue weighted by atomic mass is 9.98. The predicted octanol–water partition coefficient (Wildman–Crippen LogP) is 5.09. The van der Waals surface area contributed by atoms with Gasteiger partial charge in [-0.3, -0.25) is 0 Å². The summed E-state index contributed by atoms with van der Waals surface area (Å²) in [5, 5.41) is 3.83. The fourth-order valence-electron chi connectivity index (χ4n) is 2.44. The Kier molecular flexibility index (Phi) is 7.75. The Morgan fingerprint density at radius 1 is 0.944 bits per heavy atom. The van der Waals surface area contributed by atoms with E-state index in [-0.39, 0.29) is 0 Å². The average molecular weight is 247 g/mol. The van der Waals surface area contributed by atoms with E-state index in [0.717, 1.165) is 0 Å². The first-order valence-corrected chi connectivity index (χ1v) is 7.62. The van der Waals surface area contributed by atoms with Gasteiger partial charge in [0.15, 0.2) is 0 Å². The highest BCUT2D eigenvalue weighted by Gasteiger charge is 2.14. The monoisotopic (exact) mass is 247 g/mol. The molecule has 0 amide bonds. The molecular weight excluding hydrogens is 218 g/mol. The van der Waals surface area contributed by atoms with Crippen LogP contribution in [0, 0.1) is 0 Å². The van der Waals surface area contributed by atoms with Crippen LogP contribution in [0.2, 0.25) is 0 Å². The third kappa shape index (κ3) is 5.22. The Bertz CT molecular complexity index is 290. The number of unbranched alkanes of at least 4 members (excludes halogenated alkanes) is 2. The number of hydrogen-bond donors (Lipinski definition) is 1. The minimum absolute atomic E-state index is 0.530. The molecule has 0 radical (unpaired) electrons. The van der Waals surface area contributed by atoms with Crippen LogP contribution in [0.25, 0.3) is 0 Å². The third-order valence-corrected chi connectivity index (χ3v) is 3.72. The molecule has 0 saturated carbocycles. The Morgan fingerprint density at radius 3 is 2.17 bits per heavy atom. The van der Waals surface area contributed by atoms with Gasteiger partial charge in [-0.1, -0.05) is 70.4 Å². The van der Waals surface area contributed by atoms with Gasteiger partial charge in [-0.25, -0.2) is 0 Å². The van der Waals surface area contributed by atoms with Crippen molar-refractivity contribution < 1.29 is 0 Å². The van der Waals surface area contributed by atoms with Gasteiger partial charge in [-0.15, -0.1) is 0 Å². The van der Waals surface area contributed by atoms with E-state index < -0.39 is 0 Å². The van der Waals surface area contributed by atoms with Gasteiger partial charge >= 0.3 is 0 Å². The van der Waals surface area contributed by atoms with Crippen molar-refractivity contribution in [2.24, 2.45) is 0 Å². The summed E-state index contributed by atoms with van der Waals surface area (Å²) >= 11 is 0. The standard InChI is InChI=1S/C17H29N/c1-4-7-9-14-17(18-16(5-2)6-3)15-12-10-8-11-13-15/h8,10-13,16-18H,4-7,9,14H2,1-3H3. The zero-order valence-electron chi connectivity index (χ0n) is 12.3. The molecule has 1 aromatic carbocycles. The molecule has 1 heteroatoms. The van der Waals surface area contributed by atoms with E-state index in [4.69, 9.17) is 0 Å². The molecule has 102 valence electrons. The molecule has 0 bridgehead atoms. The topological polar surface area (TPSA) is 12.0 Å². The molecule has 1 nitrogen and oxygen atoms in total. The summed E-state index contributed by atoms with van der Waals surface area (Å²) in [5.74, 6) is 0. The van der Waals surface area contributed by atoms with Crippen LogP contribution in [0.15, 0.2) is 30.3 Å². The lowest BCUT2D eigenvalue weighted by Crippen LogP contribution is -2.32. The summed E-state index contributed by atoms with van der Waals surface area (Å²) in [7, 11) is 0. The zero-order chi connectivity index (χ0) is 13.2. The highest BCUT2D eigenvalue weighted by Crippen LogP contribution is 2.21. The molecule has 0 aliphatic carbocycles. The highest BCUT2D eigenvalue weighted by atomic mass is 14.9. The van der Waals surface area contributed by atoms with Crippen LogP contribution in [0.5, 0.6) is 0 Å². The largest absolute Gasteiger partial charge is 0.307 e.